The number of anilines is 1. The fourth-order valence-corrected chi connectivity index (χ4v) is 2.03. The van der Waals surface area contributed by atoms with Gasteiger partial charge in [-0.3, -0.25) is 9.69 Å². The molecule has 1 N–H and O–H groups in total. The maximum Gasteiger partial charge on any atom is 0.327 e. The Kier molecular flexibility index (Phi) is 3.71. The van der Waals surface area contributed by atoms with Gasteiger partial charge < -0.3 is 14.8 Å². The number of benzene rings is 1. The van der Waals surface area contributed by atoms with Gasteiger partial charge in [-0.2, -0.15) is 0 Å². The summed E-state index contributed by atoms with van der Waals surface area (Å²) in [7, 11) is 4.92. The fourth-order valence-electron chi connectivity index (χ4n) is 2.03. The molecule has 0 saturated carbocycles. The number of likely N-dealkylation sites (N-methyl/N-ethyl adjacent to an activating group) is 1. The Morgan fingerprint density at radius 2 is 2.21 bits per heavy atom. The quantitative estimate of drug-likeness (QED) is 0.818. The van der Waals surface area contributed by atoms with Crippen molar-refractivity contribution in [2.75, 3.05) is 33.1 Å². The van der Waals surface area contributed by atoms with Crippen molar-refractivity contribution in [3.63, 3.8) is 0 Å². The number of ether oxygens (including phenoxy) is 2. The zero-order valence-corrected chi connectivity index (χ0v) is 11.1. The third-order valence-corrected chi connectivity index (χ3v) is 2.89. The molecule has 102 valence electrons. The molecule has 6 heteroatoms. The third kappa shape index (κ3) is 2.68. The molecule has 0 spiro atoms. The van der Waals surface area contributed by atoms with Gasteiger partial charge in [0.15, 0.2) is 6.61 Å². The Morgan fingerprint density at radius 1 is 1.47 bits per heavy atom. The molecule has 1 amide bonds. The van der Waals surface area contributed by atoms with Crippen LogP contribution in [0.15, 0.2) is 18.2 Å². The van der Waals surface area contributed by atoms with Crippen molar-refractivity contribution in [1.82, 2.24) is 4.90 Å². The maximum atomic E-state index is 11.8. The molecule has 1 aliphatic rings. The van der Waals surface area contributed by atoms with Crippen LogP contribution in [0, 0.1) is 0 Å². The Balaban J connectivity index is 2.36. The van der Waals surface area contributed by atoms with Crippen LogP contribution in [-0.2, 0) is 14.3 Å². The van der Waals surface area contributed by atoms with E-state index in [4.69, 9.17) is 9.47 Å². The SMILES string of the molecule is COC(=O)C(c1ccc2c(c1)NC(=O)CO2)N(C)C. The lowest BCUT2D eigenvalue weighted by Crippen LogP contribution is -2.29. The zero-order chi connectivity index (χ0) is 14.0. The number of fused-ring (bicyclic) bond motifs is 1. The average Bonchev–Trinajstić information content (AvgIpc) is 2.37. The van der Waals surface area contributed by atoms with E-state index < -0.39 is 6.04 Å². The summed E-state index contributed by atoms with van der Waals surface area (Å²) in [5, 5.41) is 2.72. The van der Waals surface area contributed by atoms with Crippen LogP contribution in [-0.4, -0.2) is 44.6 Å². The third-order valence-electron chi connectivity index (χ3n) is 2.89. The molecule has 0 aromatic heterocycles. The summed E-state index contributed by atoms with van der Waals surface area (Å²) in [4.78, 5) is 24.8. The van der Waals surface area contributed by atoms with Gasteiger partial charge in [0.2, 0.25) is 0 Å². The van der Waals surface area contributed by atoms with Crippen molar-refractivity contribution >= 4 is 17.6 Å². The summed E-state index contributed by atoms with van der Waals surface area (Å²) < 4.78 is 10.1. The number of hydrogen-bond acceptors (Lipinski definition) is 5. The molecule has 0 bridgehead atoms. The van der Waals surface area contributed by atoms with E-state index in [1.54, 1.807) is 37.2 Å². The van der Waals surface area contributed by atoms with Crippen LogP contribution >= 0.6 is 0 Å². The number of methoxy groups -OCH3 is 1. The summed E-state index contributed by atoms with van der Waals surface area (Å²) in [6.45, 7) is 0.0143. The van der Waals surface area contributed by atoms with Crippen LogP contribution < -0.4 is 10.1 Å². The van der Waals surface area contributed by atoms with Gasteiger partial charge in [0, 0.05) is 0 Å². The molecule has 1 atom stereocenters. The second kappa shape index (κ2) is 5.27. The largest absolute Gasteiger partial charge is 0.482 e. The Bertz CT molecular complexity index is 513. The predicted octanol–water partition coefficient (Wildman–Crippen LogP) is 0.793. The van der Waals surface area contributed by atoms with Crippen molar-refractivity contribution in [3.05, 3.63) is 23.8 Å². The van der Waals surface area contributed by atoms with E-state index in [1.807, 2.05) is 0 Å². The first kappa shape index (κ1) is 13.4. The van der Waals surface area contributed by atoms with Crippen LogP contribution in [0.2, 0.25) is 0 Å². The lowest BCUT2D eigenvalue weighted by atomic mass is 10.0. The number of nitrogens with one attached hydrogen (secondary N) is 1. The molecular formula is C13H16N2O4. The van der Waals surface area contributed by atoms with Crippen LogP contribution in [0.1, 0.15) is 11.6 Å². The number of esters is 1. The summed E-state index contributed by atoms with van der Waals surface area (Å²) in [6, 6.07) is 4.74. The highest BCUT2D eigenvalue weighted by atomic mass is 16.5. The van der Waals surface area contributed by atoms with E-state index in [2.05, 4.69) is 5.32 Å². The number of hydrogen-bond donors (Lipinski definition) is 1. The number of carbonyl (C=O) groups excluding carboxylic acids is 2. The molecule has 0 saturated heterocycles. The number of amides is 1. The van der Waals surface area contributed by atoms with Gasteiger partial charge in [0.1, 0.15) is 11.8 Å². The van der Waals surface area contributed by atoms with E-state index in [9.17, 15) is 9.59 Å². The lowest BCUT2D eigenvalue weighted by molar-refractivity contribution is -0.146. The first-order valence-electron chi connectivity index (χ1n) is 5.83. The van der Waals surface area contributed by atoms with Gasteiger partial charge in [0.05, 0.1) is 12.8 Å². The van der Waals surface area contributed by atoms with Crippen molar-refractivity contribution in [3.8, 4) is 5.75 Å². The normalized spacial score (nSPS) is 15.3. The molecule has 1 heterocycles. The fraction of sp³-hybridized carbons (Fsp3) is 0.385. The maximum absolute atomic E-state index is 11.8. The molecule has 1 unspecified atom stereocenters. The van der Waals surface area contributed by atoms with E-state index in [0.29, 0.717) is 11.4 Å². The lowest BCUT2D eigenvalue weighted by Gasteiger charge is -2.24. The second-order valence-electron chi connectivity index (χ2n) is 4.48. The Hall–Kier alpha value is -2.08. The standard InChI is InChI=1S/C13H16N2O4/c1-15(2)12(13(17)18-3)8-4-5-10-9(6-8)14-11(16)7-19-10/h4-6,12H,7H2,1-3H3,(H,14,16). The second-order valence-corrected chi connectivity index (χ2v) is 4.48. The molecule has 19 heavy (non-hydrogen) atoms. The minimum absolute atomic E-state index is 0.0143. The molecule has 0 aliphatic carbocycles. The van der Waals surface area contributed by atoms with Gasteiger partial charge >= 0.3 is 5.97 Å². The van der Waals surface area contributed by atoms with Gasteiger partial charge in [-0.05, 0) is 31.8 Å². The molecule has 2 rings (SSSR count). The topological polar surface area (TPSA) is 67.9 Å². The molecule has 6 nitrogen and oxygen atoms in total. The van der Waals surface area contributed by atoms with Gasteiger partial charge in [0.25, 0.3) is 5.91 Å². The highest BCUT2D eigenvalue weighted by molar-refractivity contribution is 5.95. The minimum Gasteiger partial charge on any atom is -0.482 e. The van der Waals surface area contributed by atoms with Crippen molar-refractivity contribution < 1.29 is 19.1 Å². The Labute approximate surface area is 111 Å². The molecule has 0 fully saturated rings. The molecular weight excluding hydrogens is 248 g/mol. The first-order valence-corrected chi connectivity index (χ1v) is 5.83. The Morgan fingerprint density at radius 3 is 2.84 bits per heavy atom. The van der Waals surface area contributed by atoms with Gasteiger partial charge in [-0.15, -0.1) is 0 Å². The number of rotatable bonds is 3. The van der Waals surface area contributed by atoms with Crippen LogP contribution in [0.5, 0.6) is 5.75 Å². The smallest absolute Gasteiger partial charge is 0.327 e. The summed E-state index contributed by atoms with van der Waals surface area (Å²) in [5.74, 6) is 0.0443. The number of carbonyl (C=O) groups is 2. The monoisotopic (exact) mass is 264 g/mol. The highest BCUT2D eigenvalue weighted by Crippen LogP contribution is 2.32. The minimum atomic E-state index is -0.519. The van der Waals surface area contributed by atoms with Crippen molar-refractivity contribution in [2.45, 2.75) is 6.04 Å². The molecule has 1 aromatic carbocycles. The summed E-state index contributed by atoms with van der Waals surface area (Å²) in [5.41, 5.74) is 1.31. The van der Waals surface area contributed by atoms with Crippen molar-refractivity contribution in [2.24, 2.45) is 0 Å². The first-order chi connectivity index (χ1) is 9.02. The van der Waals surface area contributed by atoms with Crippen molar-refractivity contribution in [1.29, 1.82) is 0 Å². The summed E-state index contributed by atoms with van der Waals surface area (Å²) in [6.07, 6.45) is 0. The highest BCUT2D eigenvalue weighted by Gasteiger charge is 2.26. The van der Waals surface area contributed by atoms with Gasteiger partial charge in [-0.1, -0.05) is 6.07 Å². The van der Waals surface area contributed by atoms with Gasteiger partial charge in [-0.25, -0.2) is 4.79 Å². The van der Waals surface area contributed by atoms with Crippen LogP contribution in [0.4, 0.5) is 5.69 Å². The van der Waals surface area contributed by atoms with E-state index in [0.717, 1.165) is 5.56 Å². The molecule has 0 radical (unpaired) electrons. The average molecular weight is 264 g/mol. The summed E-state index contributed by atoms with van der Waals surface area (Å²) >= 11 is 0. The van der Waals surface area contributed by atoms with Crippen LogP contribution in [0.3, 0.4) is 0 Å². The molecule has 1 aromatic rings. The zero-order valence-electron chi connectivity index (χ0n) is 11.1. The number of nitrogens with zero attached hydrogens (tertiary/aromatic N) is 1. The van der Waals surface area contributed by atoms with E-state index >= 15 is 0 Å². The van der Waals surface area contributed by atoms with Crippen LogP contribution in [0.25, 0.3) is 0 Å². The molecule has 1 aliphatic heterocycles. The van der Waals surface area contributed by atoms with E-state index in [-0.39, 0.29) is 18.5 Å². The van der Waals surface area contributed by atoms with E-state index in [1.165, 1.54) is 7.11 Å². The predicted molar refractivity (Wildman–Crippen MR) is 69.0 cm³/mol.